The molecule has 4 aromatic rings. The highest BCUT2D eigenvalue weighted by molar-refractivity contribution is 7.99. The van der Waals surface area contributed by atoms with Gasteiger partial charge in [0, 0.05) is 17.1 Å². The van der Waals surface area contributed by atoms with E-state index < -0.39 is 0 Å². The molecule has 0 unspecified atom stereocenters. The van der Waals surface area contributed by atoms with E-state index in [2.05, 4.69) is 21.6 Å². The van der Waals surface area contributed by atoms with Gasteiger partial charge >= 0.3 is 0 Å². The third kappa shape index (κ3) is 4.38. The summed E-state index contributed by atoms with van der Waals surface area (Å²) in [6.07, 6.45) is 0. The molecule has 0 aliphatic heterocycles. The van der Waals surface area contributed by atoms with Crippen LogP contribution in [0, 0.1) is 37.9 Å². The number of aromatic nitrogens is 4. The zero-order valence-electron chi connectivity index (χ0n) is 18.3. The number of nitrogens with one attached hydrogen (secondary N) is 1. The smallest absolute Gasteiger partial charge is 0.236 e. The number of hydrogen-bond donors (Lipinski definition) is 1. The number of hydrogen-bond acceptors (Lipinski definition) is 5. The normalized spacial score (nSPS) is 10.8. The SMILES string of the molecule is Cc1c(C#N)c(NC(=O)CSc2nnc(C)n2-c2ccccc2)n(-c2ccc(F)cc2)c1C. The summed E-state index contributed by atoms with van der Waals surface area (Å²) >= 11 is 1.25. The minimum Gasteiger partial charge on any atom is -0.310 e. The van der Waals surface area contributed by atoms with Crippen molar-refractivity contribution in [1.82, 2.24) is 19.3 Å². The summed E-state index contributed by atoms with van der Waals surface area (Å²) in [5.74, 6) is 0.499. The monoisotopic (exact) mass is 460 g/mol. The highest BCUT2D eigenvalue weighted by Crippen LogP contribution is 2.30. The molecule has 166 valence electrons. The van der Waals surface area contributed by atoms with Crippen LogP contribution in [0.1, 0.15) is 22.6 Å². The fraction of sp³-hybridized carbons (Fsp3) is 0.167. The predicted molar refractivity (Wildman–Crippen MR) is 125 cm³/mol. The number of amides is 1. The van der Waals surface area contributed by atoms with Crippen molar-refractivity contribution >= 4 is 23.5 Å². The second-order valence-corrected chi connectivity index (χ2v) is 8.34. The van der Waals surface area contributed by atoms with Crippen LogP contribution in [0.4, 0.5) is 10.2 Å². The Morgan fingerprint density at radius 2 is 1.70 bits per heavy atom. The zero-order chi connectivity index (χ0) is 23.5. The highest BCUT2D eigenvalue weighted by atomic mass is 32.2. The molecule has 0 atom stereocenters. The molecule has 9 heteroatoms. The Hall–Kier alpha value is -3.90. The summed E-state index contributed by atoms with van der Waals surface area (Å²) in [7, 11) is 0. The van der Waals surface area contributed by atoms with E-state index in [4.69, 9.17) is 0 Å². The van der Waals surface area contributed by atoms with Gasteiger partial charge in [-0.15, -0.1) is 10.2 Å². The second-order valence-electron chi connectivity index (χ2n) is 7.40. The molecule has 0 radical (unpaired) electrons. The van der Waals surface area contributed by atoms with E-state index >= 15 is 0 Å². The molecule has 0 saturated heterocycles. The maximum Gasteiger partial charge on any atom is 0.236 e. The van der Waals surface area contributed by atoms with Crippen LogP contribution in [0.3, 0.4) is 0 Å². The Morgan fingerprint density at radius 3 is 2.36 bits per heavy atom. The number of para-hydroxylation sites is 1. The van der Waals surface area contributed by atoms with E-state index in [9.17, 15) is 14.4 Å². The van der Waals surface area contributed by atoms with Gasteiger partial charge in [-0.1, -0.05) is 30.0 Å². The number of nitriles is 1. The summed E-state index contributed by atoms with van der Waals surface area (Å²) in [4.78, 5) is 12.9. The Labute approximate surface area is 194 Å². The lowest BCUT2D eigenvalue weighted by Crippen LogP contribution is -2.18. The van der Waals surface area contributed by atoms with Crippen molar-refractivity contribution in [2.24, 2.45) is 0 Å². The number of anilines is 1. The first kappa shape index (κ1) is 22.3. The molecule has 0 fully saturated rings. The van der Waals surface area contributed by atoms with E-state index in [1.165, 1.54) is 23.9 Å². The van der Waals surface area contributed by atoms with Crippen LogP contribution < -0.4 is 5.32 Å². The highest BCUT2D eigenvalue weighted by Gasteiger charge is 2.21. The van der Waals surface area contributed by atoms with Gasteiger partial charge in [-0.25, -0.2) is 4.39 Å². The lowest BCUT2D eigenvalue weighted by atomic mass is 10.2. The molecule has 2 heterocycles. The number of nitrogens with zero attached hydrogens (tertiary/aromatic N) is 5. The minimum absolute atomic E-state index is 0.0720. The van der Waals surface area contributed by atoms with Gasteiger partial charge in [-0.2, -0.15) is 5.26 Å². The van der Waals surface area contributed by atoms with Crippen LogP contribution in [0.15, 0.2) is 59.8 Å². The van der Waals surface area contributed by atoms with Gasteiger partial charge in [-0.05, 0) is 62.7 Å². The standard InChI is InChI=1S/C24H21FN6OS/c1-15-16(2)30(20-11-9-18(25)10-12-20)23(21(15)13-26)27-22(32)14-33-24-29-28-17(3)31(24)19-7-5-4-6-8-19/h4-12H,14H2,1-3H3,(H,27,32). The maximum atomic E-state index is 13.4. The van der Waals surface area contributed by atoms with E-state index in [0.29, 0.717) is 28.0 Å². The molecule has 2 aromatic heterocycles. The van der Waals surface area contributed by atoms with E-state index in [1.54, 1.807) is 16.7 Å². The van der Waals surface area contributed by atoms with Gasteiger partial charge in [0.25, 0.3) is 0 Å². The molecular formula is C24H21FN6OS. The average molecular weight is 461 g/mol. The molecule has 1 N–H and O–H groups in total. The summed E-state index contributed by atoms with van der Waals surface area (Å²) in [6, 6.07) is 17.7. The lowest BCUT2D eigenvalue weighted by molar-refractivity contribution is -0.113. The van der Waals surface area contributed by atoms with Crippen LogP contribution in [-0.2, 0) is 4.79 Å². The van der Waals surface area contributed by atoms with Crippen LogP contribution >= 0.6 is 11.8 Å². The minimum atomic E-state index is -0.361. The van der Waals surface area contributed by atoms with Gasteiger partial charge < -0.3 is 5.32 Å². The van der Waals surface area contributed by atoms with E-state index in [1.807, 2.05) is 55.7 Å². The van der Waals surface area contributed by atoms with Gasteiger partial charge in [0.15, 0.2) is 5.16 Å². The van der Waals surface area contributed by atoms with Crippen molar-refractivity contribution in [3.63, 3.8) is 0 Å². The first-order chi connectivity index (χ1) is 15.9. The quantitative estimate of drug-likeness (QED) is 0.421. The molecule has 2 aromatic carbocycles. The molecule has 1 amide bonds. The van der Waals surface area contributed by atoms with E-state index in [0.717, 1.165) is 16.9 Å². The lowest BCUT2D eigenvalue weighted by Gasteiger charge is -2.13. The van der Waals surface area contributed by atoms with Crippen molar-refractivity contribution in [3.8, 4) is 17.4 Å². The second kappa shape index (κ2) is 9.30. The van der Waals surface area contributed by atoms with Crippen LogP contribution in [0.25, 0.3) is 11.4 Å². The van der Waals surface area contributed by atoms with Gasteiger partial charge in [0.2, 0.25) is 5.91 Å². The third-order valence-electron chi connectivity index (χ3n) is 5.31. The summed E-state index contributed by atoms with van der Waals surface area (Å²) < 4.78 is 17.1. The molecule has 4 rings (SSSR count). The molecular weight excluding hydrogens is 439 g/mol. The first-order valence-electron chi connectivity index (χ1n) is 10.2. The molecule has 33 heavy (non-hydrogen) atoms. The predicted octanol–water partition coefficient (Wildman–Crippen LogP) is 4.72. The fourth-order valence-electron chi connectivity index (χ4n) is 3.58. The van der Waals surface area contributed by atoms with Gasteiger partial charge in [0.05, 0.1) is 11.3 Å². The molecule has 0 bridgehead atoms. The van der Waals surface area contributed by atoms with Gasteiger partial charge in [0.1, 0.15) is 23.5 Å². The largest absolute Gasteiger partial charge is 0.310 e. The van der Waals surface area contributed by atoms with Crippen LogP contribution in [0.5, 0.6) is 0 Å². The molecule has 0 spiro atoms. The number of aryl methyl sites for hydroxylation is 1. The van der Waals surface area contributed by atoms with E-state index in [-0.39, 0.29) is 17.5 Å². The summed E-state index contributed by atoms with van der Waals surface area (Å²) in [5, 5.41) is 21.5. The van der Waals surface area contributed by atoms with Crippen molar-refractivity contribution in [2.75, 3.05) is 11.1 Å². The van der Waals surface area contributed by atoms with Crippen molar-refractivity contribution < 1.29 is 9.18 Å². The number of halogens is 1. The van der Waals surface area contributed by atoms with Crippen molar-refractivity contribution in [1.29, 1.82) is 5.26 Å². The van der Waals surface area contributed by atoms with Crippen LogP contribution in [-0.4, -0.2) is 31.0 Å². The number of rotatable bonds is 6. The molecule has 7 nitrogen and oxygen atoms in total. The number of carbonyl (C=O) groups excluding carboxylic acids is 1. The zero-order valence-corrected chi connectivity index (χ0v) is 19.2. The number of carbonyl (C=O) groups is 1. The Balaban J connectivity index is 1.59. The van der Waals surface area contributed by atoms with Crippen molar-refractivity contribution in [3.05, 3.63) is 83.1 Å². The number of thioether (sulfide) groups is 1. The average Bonchev–Trinajstić information content (AvgIpc) is 3.30. The molecule has 0 saturated carbocycles. The maximum absolute atomic E-state index is 13.4. The Bertz CT molecular complexity index is 1350. The third-order valence-corrected chi connectivity index (χ3v) is 6.24. The van der Waals surface area contributed by atoms with Crippen molar-refractivity contribution in [2.45, 2.75) is 25.9 Å². The molecule has 0 aliphatic carbocycles. The topological polar surface area (TPSA) is 88.5 Å². The summed E-state index contributed by atoms with van der Waals surface area (Å²) in [6.45, 7) is 5.53. The Morgan fingerprint density at radius 1 is 1.03 bits per heavy atom. The van der Waals surface area contributed by atoms with Gasteiger partial charge in [-0.3, -0.25) is 13.9 Å². The van der Waals surface area contributed by atoms with Crippen LogP contribution in [0.2, 0.25) is 0 Å². The first-order valence-corrected chi connectivity index (χ1v) is 11.2. The fourth-order valence-corrected chi connectivity index (χ4v) is 4.38. The number of benzene rings is 2. The summed E-state index contributed by atoms with van der Waals surface area (Å²) in [5.41, 5.74) is 3.48. The molecule has 0 aliphatic rings. The Kier molecular flexibility index (Phi) is 6.29.